The number of hydrogen-bond donors (Lipinski definition) is 1. The van der Waals surface area contributed by atoms with Gasteiger partial charge in [0, 0.05) is 36.1 Å². The van der Waals surface area contributed by atoms with Crippen molar-refractivity contribution >= 4 is 23.1 Å². The molecule has 3 aromatic rings. The number of carbonyl (C=O) groups is 2. The third-order valence-corrected chi connectivity index (χ3v) is 6.21. The van der Waals surface area contributed by atoms with E-state index in [-0.39, 0.29) is 17.6 Å². The van der Waals surface area contributed by atoms with Gasteiger partial charge in [0.1, 0.15) is 11.5 Å². The molecule has 2 aromatic carbocycles. The van der Waals surface area contributed by atoms with Gasteiger partial charge in [0.15, 0.2) is 5.78 Å². The fraction of sp³-hybridized carbons (Fsp3) is 0.231. The highest BCUT2D eigenvalue weighted by atomic mass is 16.5. The molecule has 0 fully saturated rings. The van der Waals surface area contributed by atoms with E-state index in [2.05, 4.69) is 5.32 Å². The maximum Gasteiger partial charge on any atom is 0.224 e. The number of ether oxygens (including phenoxy) is 1. The van der Waals surface area contributed by atoms with Crippen LogP contribution in [0.4, 0.5) is 11.4 Å². The molecule has 0 bridgehead atoms. The van der Waals surface area contributed by atoms with Crippen LogP contribution in [0.1, 0.15) is 43.0 Å². The number of carbonyl (C=O) groups excluding carboxylic acids is 2. The van der Waals surface area contributed by atoms with Gasteiger partial charge in [-0.2, -0.15) is 0 Å². The summed E-state index contributed by atoms with van der Waals surface area (Å²) >= 11 is 0. The molecular weight excluding hydrogens is 404 g/mol. The summed E-state index contributed by atoms with van der Waals surface area (Å²) in [5.74, 6) is 1.22. The van der Waals surface area contributed by atoms with Gasteiger partial charge in [-0.05, 0) is 36.8 Å². The Bertz CT molecular complexity index is 1210. The zero-order valence-corrected chi connectivity index (χ0v) is 18.0. The topological polar surface area (TPSA) is 71.8 Å². The van der Waals surface area contributed by atoms with Crippen molar-refractivity contribution in [2.24, 2.45) is 0 Å². The van der Waals surface area contributed by atoms with Crippen LogP contribution in [0.25, 0.3) is 0 Å². The van der Waals surface area contributed by atoms with Crippen molar-refractivity contribution in [2.75, 3.05) is 17.3 Å². The summed E-state index contributed by atoms with van der Waals surface area (Å²) in [5, 5.41) is 3.49. The number of ketones is 1. The molecule has 2 heterocycles. The van der Waals surface area contributed by atoms with E-state index in [1.807, 2.05) is 60.7 Å². The van der Waals surface area contributed by atoms with Crippen molar-refractivity contribution in [3.63, 3.8) is 0 Å². The lowest BCUT2D eigenvalue weighted by Gasteiger charge is -2.34. The van der Waals surface area contributed by atoms with Gasteiger partial charge in [0.25, 0.3) is 0 Å². The van der Waals surface area contributed by atoms with E-state index in [0.29, 0.717) is 24.2 Å². The number of methoxy groups -OCH3 is 1. The first-order valence-electron chi connectivity index (χ1n) is 10.7. The number of Topliss-reactive ketones (excluding diaryl/α,β-unsaturated/α-hetero) is 1. The molecule has 162 valence electrons. The summed E-state index contributed by atoms with van der Waals surface area (Å²) < 4.78 is 11.3. The second-order valence-corrected chi connectivity index (χ2v) is 8.11. The van der Waals surface area contributed by atoms with Crippen LogP contribution in [-0.2, 0) is 9.59 Å². The number of nitrogens with zero attached hydrogens (tertiary/aromatic N) is 1. The molecule has 1 aromatic heterocycles. The monoisotopic (exact) mass is 428 g/mol. The van der Waals surface area contributed by atoms with Crippen LogP contribution in [0.3, 0.4) is 0 Å². The van der Waals surface area contributed by atoms with Crippen molar-refractivity contribution in [1.29, 1.82) is 0 Å². The van der Waals surface area contributed by atoms with Gasteiger partial charge in [0.05, 0.1) is 30.8 Å². The Balaban J connectivity index is 1.75. The second-order valence-electron chi connectivity index (χ2n) is 8.11. The average Bonchev–Trinajstić information content (AvgIpc) is 3.28. The van der Waals surface area contributed by atoms with E-state index in [4.69, 9.17) is 9.15 Å². The van der Waals surface area contributed by atoms with E-state index < -0.39 is 6.04 Å². The average molecular weight is 428 g/mol. The number of amides is 1. The zero-order valence-electron chi connectivity index (χ0n) is 18.0. The van der Waals surface area contributed by atoms with E-state index in [1.165, 1.54) is 6.92 Å². The molecule has 0 unspecified atom stereocenters. The summed E-state index contributed by atoms with van der Waals surface area (Å²) in [6.45, 7) is 1.53. The predicted molar refractivity (Wildman–Crippen MR) is 122 cm³/mol. The Morgan fingerprint density at radius 2 is 1.84 bits per heavy atom. The summed E-state index contributed by atoms with van der Waals surface area (Å²) in [5.41, 5.74) is 3.72. The van der Waals surface area contributed by atoms with Crippen LogP contribution in [0, 0.1) is 0 Å². The number of anilines is 2. The molecule has 2 aliphatic rings. The number of allylic oxidation sites excluding steroid dienone is 1. The van der Waals surface area contributed by atoms with E-state index in [1.54, 1.807) is 18.3 Å². The molecule has 0 saturated heterocycles. The molecule has 0 radical (unpaired) electrons. The third kappa shape index (κ3) is 3.28. The van der Waals surface area contributed by atoms with Crippen molar-refractivity contribution in [3.8, 4) is 5.75 Å². The van der Waals surface area contributed by atoms with Gasteiger partial charge in [-0.15, -0.1) is 0 Å². The van der Waals surface area contributed by atoms with Gasteiger partial charge in [0.2, 0.25) is 5.91 Å². The first-order chi connectivity index (χ1) is 15.6. The Hall–Kier alpha value is -3.80. The Labute approximate surface area is 186 Å². The number of benzene rings is 2. The minimum absolute atomic E-state index is 0.00453. The SMILES string of the molecule is COc1ccccc1[C@H]1C2=C(C[C@@H](c3ccco3)CC2=O)Nc2ccccc2N1C(C)=O. The summed E-state index contributed by atoms with van der Waals surface area (Å²) in [4.78, 5) is 28.4. The maximum atomic E-state index is 13.7. The molecule has 0 spiro atoms. The molecule has 32 heavy (non-hydrogen) atoms. The minimum atomic E-state index is -0.597. The van der Waals surface area contributed by atoms with Gasteiger partial charge in [-0.1, -0.05) is 30.3 Å². The molecule has 1 aliphatic heterocycles. The van der Waals surface area contributed by atoms with E-state index in [9.17, 15) is 9.59 Å². The van der Waals surface area contributed by atoms with Crippen LogP contribution >= 0.6 is 0 Å². The molecule has 6 heteroatoms. The standard InChI is InChI=1S/C26H24N2O4/c1-16(29)28-21-10-5-4-9-19(21)27-20-14-17(23-12-7-13-32-23)15-22(30)25(20)26(28)18-8-3-6-11-24(18)31-2/h3-13,17,26-27H,14-15H2,1-2H3/t17-,26+/m1/s1. The van der Waals surface area contributed by atoms with Crippen molar-refractivity contribution in [2.45, 2.75) is 31.7 Å². The highest BCUT2D eigenvalue weighted by Crippen LogP contribution is 2.48. The minimum Gasteiger partial charge on any atom is -0.496 e. The number of para-hydroxylation sites is 3. The van der Waals surface area contributed by atoms with Crippen molar-refractivity contribution < 1.29 is 18.7 Å². The van der Waals surface area contributed by atoms with E-state index in [0.717, 1.165) is 28.4 Å². The van der Waals surface area contributed by atoms with Crippen molar-refractivity contribution in [3.05, 3.63) is 89.5 Å². The van der Waals surface area contributed by atoms with E-state index >= 15 is 0 Å². The smallest absolute Gasteiger partial charge is 0.224 e. The first kappa shape index (κ1) is 20.1. The van der Waals surface area contributed by atoms with Crippen LogP contribution in [0.5, 0.6) is 5.75 Å². The quantitative estimate of drug-likeness (QED) is 0.620. The fourth-order valence-corrected chi connectivity index (χ4v) is 4.85. The molecule has 5 rings (SSSR count). The summed E-state index contributed by atoms with van der Waals surface area (Å²) in [6.07, 6.45) is 2.57. The maximum absolute atomic E-state index is 13.7. The number of hydrogen-bond acceptors (Lipinski definition) is 5. The highest BCUT2D eigenvalue weighted by Gasteiger charge is 2.42. The normalized spacial score (nSPS) is 20.2. The van der Waals surface area contributed by atoms with Crippen LogP contribution < -0.4 is 15.0 Å². The lowest BCUT2D eigenvalue weighted by atomic mass is 9.80. The Kier molecular flexibility index (Phi) is 5.05. The van der Waals surface area contributed by atoms with Crippen LogP contribution in [-0.4, -0.2) is 18.8 Å². The number of rotatable bonds is 3. The van der Waals surface area contributed by atoms with Crippen LogP contribution in [0.2, 0.25) is 0 Å². The Morgan fingerprint density at radius 1 is 1.06 bits per heavy atom. The molecular formula is C26H24N2O4. The van der Waals surface area contributed by atoms with Gasteiger partial charge >= 0.3 is 0 Å². The van der Waals surface area contributed by atoms with Gasteiger partial charge < -0.3 is 14.5 Å². The van der Waals surface area contributed by atoms with Gasteiger partial charge in [-0.3, -0.25) is 14.5 Å². The lowest BCUT2D eigenvalue weighted by molar-refractivity contribution is -0.117. The largest absolute Gasteiger partial charge is 0.496 e. The molecule has 6 nitrogen and oxygen atoms in total. The lowest BCUT2D eigenvalue weighted by Crippen LogP contribution is -2.37. The summed E-state index contributed by atoms with van der Waals surface area (Å²) in [6, 6.07) is 18.4. The second kappa shape index (κ2) is 8.04. The first-order valence-corrected chi connectivity index (χ1v) is 10.7. The molecule has 0 saturated carbocycles. The number of nitrogens with one attached hydrogen (secondary N) is 1. The number of furan rings is 1. The zero-order chi connectivity index (χ0) is 22.2. The molecule has 2 atom stereocenters. The fourth-order valence-electron chi connectivity index (χ4n) is 4.85. The molecule has 1 N–H and O–H groups in total. The van der Waals surface area contributed by atoms with Gasteiger partial charge in [-0.25, -0.2) is 0 Å². The Morgan fingerprint density at radius 3 is 2.59 bits per heavy atom. The van der Waals surface area contributed by atoms with Crippen molar-refractivity contribution in [1.82, 2.24) is 0 Å². The predicted octanol–water partition coefficient (Wildman–Crippen LogP) is 5.21. The summed E-state index contributed by atoms with van der Waals surface area (Å²) in [7, 11) is 1.60. The highest BCUT2D eigenvalue weighted by molar-refractivity contribution is 6.06. The third-order valence-electron chi connectivity index (χ3n) is 6.21. The molecule has 1 amide bonds. The van der Waals surface area contributed by atoms with Crippen LogP contribution in [0.15, 0.2) is 82.6 Å². The number of fused-ring (bicyclic) bond motifs is 1. The molecule has 1 aliphatic carbocycles.